The average Bonchev–Trinajstić information content (AvgIpc) is 2.14. The smallest absolute Gasteiger partial charge is 0.0525 e. The zero-order valence-corrected chi connectivity index (χ0v) is 10.6. The van der Waals surface area contributed by atoms with E-state index in [-0.39, 0.29) is 0 Å². The SMILES string of the molecule is CCN(C)C1=CN(C)CC(CN(C)C)=C1. The second kappa shape index (κ2) is 5.21. The summed E-state index contributed by atoms with van der Waals surface area (Å²) in [5.74, 6) is 0. The van der Waals surface area contributed by atoms with Crippen LogP contribution in [0.25, 0.3) is 0 Å². The van der Waals surface area contributed by atoms with Gasteiger partial charge in [-0.25, -0.2) is 0 Å². The Morgan fingerprint density at radius 1 is 1.33 bits per heavy atom. The zero-order valence-electron chi connectivity index (χ0n) is 10.6. The Kier molecular flexibility index (Phi) is 4.21. The third kappa shape index (κ3) is 3.59. The normalized spacial score (nSPS) is 16.5. The van der Waals surface area contributed by atoms with E-state index in [2.05, 4.69) is 62.1 Å². The molecular formula is C12H23N3. The van der Waals surface area contributed by atoms with Crippen LogP contribution in [-0.2, 0) is 0 Å². The van der Waals surface area contributed by atoms with E-state index in [0.717, 1.165) is 19.6 Å². The van der Waals surface area contributed by atoms with Crippen molar-refractivity contribution in [2.24, 2.45) is 0 Å². The van der Waals surface area contributed by atoms with Crippen LogP contribution in [0.3, 0.4) is 0 Å². The summed E-state index contributed by atoms with van der Waals surface area (Å²) in [7, 11) is 8.49. The van der Waals surface area contributed by atoms with Gasteiger partial charge in [-0.1, -0.05) is 0 Å². The molecule has 0 radical (unpaired) electrons. The molecule has 0 aromatic heterocycles. The van der Waals surface area contributed by atoms with E-state index in [9.17, 15) is 0 Å². The molecule has 0 atom stereocenters. The average molecular weight is 209 g/mol. The van der Waals surface area contributed by atoms with E-state index in [1.807, 2.05) is 0 Å². The molecule has 0 amide bonds. The summed E-state index contributed by atoms with van der Waals surface area (Å²) in [4.78, 5) is 6.74. The van der Waals surface area contributed by atoms with E-state index >= 15 is 0 Å². The molecular weight excluding hydrogens is 186 g/mol. The van der Waals surface area contributed by atoms with E-state index in [1.54, 1.807) is 0 Å². The molecule has 0 saturated carbocycles. The van der Waals surface area contributed by atoms with Crippen LogP contribution in [0.2, 0.25) is 0 Å². The lowest BCUT2D eigenvalue weighted by atomic mass is 10.1. The monoisotopic (exact) mass is 209 g/mol. The Morgan fingerprint density at radius 2 is 2.00 bits per heavy atom. The molecule has 0 spiro atoms. The second-order valence-electron chi connectivity index (χ2n) is 4.52. The van der Waals surface area contributed by atoms with Gasteiger partial charge in [-0.3, -0.25) is 0 Å². The number of nitrogens with zero attached hydrogens (tertiary/aromatic N) is 3. The quantitative estimate of drug-likeness (QED) is 0.689. The lowest BCUT2D eigenvalue weighted by Crippen LogP contribution is -2.29. The Morgan fingerprint density at radius 3 is 2.53 bits per heavy atom. The highest BCUT2D eigenvalue weighted by molar-refractivity contribution is 5.28. The van der Waals surface area contributed by atoms with Gasteiger partial charge < -0.3 is 14.7 Å². The van der Waals surface area contributed by atoms with Gasteiger partial charge in [0.15, 0.2) is 0 Å². The van der Waals surface area contributed by atoms with Crippen molar-refractivity contribution in [3.8, 4) is 0 Å². The fraction of sp³-hybridized carbons (Fsp3) is 0.667. The molecule has 0 saturated heterocycles. The number of rotatable bonds is 4. The number of allylic oxidation sites excluding steroid dienone is 1. The van der Waals surface area contributed by atoms with Gasteiger partial charge in [0.2, 0.25) is 0 Å². The summed E-state index contributed by atoms with van der Waals surface area (Å²) in [6.45, 7) is 5.30. The molecule has 1 heterocycles. The molecule has 0 aromatic carbocycles. The van der Waals surface area contributed by atoms with Gasteiger partial charge in [-0.15, -0.1) is 0 Å². The van der Waals surface area contributed by atoms with Crippen LogP contribution >= 0.6 is 0 Å². The first-order chi connectivity index (χ1) is 7.02. The lowest BCUT2D eigenvalue weighted by Gasteiger charge is -2.29. The Labute approximate surface area is 93.6 Å². The van der Waals surface area contributed by atoms with Gasteiger partial charge in [-0.2, -0.15) is 0 Å². The van der Waals surface area contributed by atoms with Crippen LogP contribution in [0.15, 0.2) is 23.5 Å². The molecule has 1 aliphatic heterocycles. The van der Waals surface area contributed by atoms with E-state index < -0.39 is 0 Å². The molecule has 0 unspecified atom stereocenters. The molecule has 0 N–H and O–H groups in total. The van der Waals surface area contributed by atoms with Gasteiger partial charge in [0.1, 0.15) is 0 Å². The van der Waals surface area contributed by atoms with Crippen molar-refractivity contribution in [1.82, 2.24) is 14.7 Å². The Hall–Kier alpha value is -0.960. The van der Waals surface area contributed by atoms with E-state index in [1.165, 1.54) is 11.3 Å². The largest absolute Gasteiger partial charge is 0.375 e. The summed E-state index contributed by atoms with van der Waals surface area (Å²) < 4.78 is 0. The highest BCUT2D eigenvalue weighted by Crippen LogP contribution is 2.15. The molecule has 0 fully saturated rings. The summed E-state index contributed by atoms with van der Waals surface area (Å²) >= 11 is 0. The van der Waals surface area contributed by atoms with Gasteiger partial charge in [0.25, 0.3) is 0 Å². The van der Waals surface area contributed by atoms with Crippen LogP contribution in [0.5, 0.6) is 0 Å². The molecule has 0 aliphatic carbocycles. The third-order valence-electron chi connectivity index (χ3n) is 2.59. The third-order valence-corrected chi connectivity index (χ3v) is 2.59. The zero-order chi connectivity index (χ0) is 11.4. The van der Waals surface area contributed by atoms with Crippen molar-refractivity contribution in [3.63, 3.8) is 0 Å². The first-order valence-electron chi connectivity index (χ1n) is 5.50. The summed E-state index contributed by atoms with van der Waals surface area (Å²) in [6.07, 6.45) is 4.52. The molecule has 0 bridgehead atoms. The van der Waals surface area contributed by atoms with Gasteiger partial charge >= 0.3 is 0 Å². The maximum absolute atomic E-state index is 2.31. The molecule has 0 aromatic rings. The maximum atomic E-state index is 2.31. The number of hydrogen-bond donors (Lipinski definition) is 0. The first-order valence-corrected chi connectivity index (χ1v) is 5.50. The predicted molar refractivity (Wildman–Crippen MR) is 65.7 cm³/mol. The van der Waals surface area contributed by atoms with Gasteiger partial charge in [0.05, 0.1) is 5.70 Å². The summed E-state index contributed by atoms with van der Waals surface area (Å²) in [5, 5.41) is 0. The molecule has 3 nitrogen and oxygen atoms in total. The summed E-state index contributed by atoms with van der Waals surface area (Å²) in [5.41, 5.74) is 2.78. The maximum Gasteiger partial charge on any atom is 0.0525 e. The fourth-order valence-electron chi connectivity index (χ4n) is 1.78. The highest BCUT2D eigenvalue weighted by atomic mass is 15.2. The predicted octanol–water partition coefficient (Wildman–Crippen LogP) is 1.21. The standard InChI is InChI=1S/C12H23N3/c1-6-15(5)12-7-11(8-13(2)3)9-14(4)10-12/h7,10H,6,8-9H2,1-5H3. The van der Waals surface area contributed by atoms with Gasteiger partial charge in [-0.05, 0) is 32.7 Å². The molecule has 3 heteroatoms. The molecule has 86 valence electrons. The first kappa shape index (κ1) is 12.1. The highest BCUT2D eigenvalue weighted by Gasteiger charge is 2.11. The van der Waals surface area contributed by atoms with Crippen molar-refractivity contribution in [1.29, 1.82) is 0 Å². The Bertz CT molecular complexity index is 266. The number of likely N-dealkylation sites (N-methyl/N-ethyl adjacent to an activating group) is 3. The Balaban J connectivity index is 2.74. The fourth-order valence-corrected chi connectivity index (χ4v) is 1.78. The van der Waals surface area contributed by atoms with Crippen molar-refractivity contribution in [2.45, 2.75) is 6.92 Å². The van der Waals surface area contributed by atoms with Crippen LogP contribution in [0.4, 0.5) is 0 Å². The van der Waals surface area contributed by atoms with Crippen molar-refractivity contribution in [2.75, 3.05) is 47.8 Å². The van der Waals surface area contributed by atoms with E-state index in [4.69, 9.17) is 0 Å². The minimum absolute atomic E-state index is 1.04. The molecule has 1 aliphatic rings. The van der Waals surface area contributed by atoms with Gasteiger partial charge in [0, 0.05) is 39.9 Å². The van der Waals surface area contributed by atoms with Crippen molar-refractivity contribution in [3.05, 3.63) is 23.5 Å². The molecule has 1 rings (SSSR count). The van der Waals surface area contributed by atoms with Crippen LogP contribution < -0.4 is 0 Å². The van der Waals surface area contributed by atoms with Crippen molar-refractivity contribution < 1.29 is 0 Å². The van der Waals surface area contributed by atoms with E-state index in [0.29, 0.717) is 0 Å². The van der Waals surface area contributed by atoms with Crippen molar-refractivity contribution >= 4 is 0 Å². The molecule has 15 heavy (non-hydrogen) atoms. The number of hydrogen-bond acceptors (Lipinski definition) is 3. The van der Waals surface area contributed by atoms with Crippen LogP contribution in [0.1, 0.15) is 6.92 Å². The minimum atomic E-state index is 1.04. The minimum Gasteiger partial charge on any atom is -0.375 e. The second-order valence-corrected chi connectivity index (χ2v) is 4.52. The lowest BCUT2D eigenvalue weighted by molar-refractivity contribution is 0.383. The van der Waals surface area contributed by atoms with Crippen LogP contribution in [-0.4, -0.2) is 62.5 Å². The van der Waals surface area contributed by atoms with Crippen LogP contribution in [0, 0.1) is 0 Å². The topological polar surface area (TPSA) is 9.72 Å². The summed E-state index contributed by atoms with van der Waals surface area (Å²) in [6, 6.07) is 0.